The summed E-state index contributed by atoms with van der Waals surface area (Å²) in [5, 5.41) is 7.82. The first-order valence-electron chi connectivity index (χ1n) is 11.3. The molecule has 1 aromatic heterocycles. The average Bonchev–Trinajstić information content (AvgIpc) is 3.43. The molecule has 2 unspecified atom stereocenters. The van der Waals surface area contributed by atoms with Crippen molar-refractivity contribution >= 4 is 16.9 Å². The second-order valence-electron chi connectivity index (χ2n) is 8.59. The van der Waals surface area contributed by atoms with E-state index in [2.05, 4.69) is 46.1 Å². The van der Waals surface area contributed by atoms with E-state index < -0.39 is 0 Å². The second kappa shape index (κ2) is 9.02. The number of fused-ring (bicyclic) bond motifs is 1. The highest BCUT2D eigenvalue weighted by molar-refractivity contribution is 5.84. The molecular formula is C25H30N4O2. The van der Waals surface area contributed by atoms with Crippen LogP contribution in [0.2, 0.25) is 0 Å². The number of nitrogens with one attached hydrogen (secondary N) is 3. The molecule has 0 bridgehead atoms. The number of amides is 2. The van der Waals surface area contributed by atoms with Crippen LogP contribution in [0.5, 0.6) is 5.75 Å². The number of aromatic nitrogens is 1. The minimum Gasteiger partial charge on any atom is -0.489 e. The lowest BCUT2D eigenvalue weighted by Crippen LogP contribution is -2.49. The maximum Gasteiger partial charge on any atom is 0.317 e. The van der Waals surface area contributed by atoms with Crippen molar-refractivity contribution in [2.24, 2.45) is 0 Å². The molecule has 6 heteroatoms. The van der Waals surface area contributed by atoms with Crippen LogP contribution < -0.4 is 15.4 Å². The molecule has 3 aromatic rings. The summed E-state index contributed by atoms with van der Waals surface area (Å²) in [4.78, 5) is 17.4. The monoisotopic (exact) mass is 418 g/mol. The molecule has 0 saturated carbocycles. The van der Waals surface area contributed by atoms with E-state index in [1.165, 1.54) is 16.5 Å². The smallest absolute Gasteiger partial charge is 0.317 e. The van der Waals surface area contributed by atoms with Gasteiger partial charge in [-0.3, -0.25) is 0 Å². The van der Waals surface area contributed by atoms with Gasteiger partial charge in [-0.2, -0.15) is 0 Å². The Morgan fingerprint density at radius 3 is 2.84 bits per heavy atom. The van der Waals surface area contributed by atoms with Crippen LogP contribution in [0.1, 0.15) is 30.4 Å². The number of carbonyl (C=O) groups excluding carboxylic acids is 1. The van der Waals surface area contributed by atoms with Crippen molar-refractivity contribution in [3.8, 4) is 5.75 Å². The third-order valence-electron chi connectivity index (χ3n) is 6.55. The zero-order valence-electron chi connectivity index (χ0n) is 17.8. The van der Waals surface area contributed by atoms with Gasteiger partial charge in [-0.1, -0.05) is 30.3 Å². The number of ether oxygens (including phenoxy) is 1. The Morgan fingerprint density at radius 2 is 2.00 bits per heavy atom. The van der Waals surface area contributed by atoms with Crippen LogP contribution in [0, 0.1) is 0 Å². The highest BCUT2D eigenvalue weighted by Crippen LogP contribution is 2.27. The zero-order chi connectivity index (χ0) is 21.0. The Balaban J connectivity index is 1.21. The molecular weight excluding hydrogens is 388 g/mol. The van der Waals surface area contributed by atoms with E-state index in [0.29, 0.717) is 18.7 Å². The van der Waals surface area contributed by atoms with Crippen molar-refractivity contribution in [3.63, 3.8) is 0 Å². The van der Waals surface area contributed by atoms with E-state index in [0.717, 1.165) is 56.6 Å². The lowest BCUT2D eigenvalue weighted by atomic mass is 9.93. The summed E-state index contributed by atoms with van der Waals surface area (Å²) in [6.07, 6.45) is 6.26. The van der Waals surface area contributed by atoms with Crippen molar-refractivity contribution in [2.45, 2.75) is 44.4 Å². The number of aryl methyl sites for hydroxylation is 1. The molecule has 6 nitrogen and oxygen atoms in total. The molecule has 2 atom stereocenters. The van der Waals surface area contributed by atoms with Crippen LogP contribution in [0.3, 0.4) is 0 Å². The molecule has 3 N–H and O–H groups in total. The van der Waals surface area contributed by atoms with Crippen LogP contribution in [0.4, 0.5) is 4.79 Å². The lowest BCUT2D eigenvalue weighted by molar-refractivity contribution is 0.169. The fraction of sp³-hybridized carbons (Fsp3) is 0.400. The molecule has 2 amide bonds. The van der Waals surface area contributed by atoms with Gasteiger partial charge in [0.1, 0.15) is 12.4 Å². The number of aromatic amines is 1. The van der Waals surface area contributed by atoms with E-state index >= 15 is 0 Å². The highest BCUT2D eigenvalue weighted by atomic mass is 16.5. The summed E-state index contributed by atoms with van der Waals surface area (Å²) in [5.41, 5.74) is 3.63. The molecule has 2 saturated heterocycles. The number of urea groups is 1. The van der Waals surface area contributed by atoms with Gasteiger partial charge in [0, 0.05) is 42.3 Å². The van der Waals surface area contributed by atoms with E-state index in [1.54, 1.807) is 0 Å². The molecule has 0 aliphatic carbocycles. The SMILES string of the molecule is O=C1NCCN1C1CCNC(CCc2c[nH]c3ccc(OCc4ccccc4)cc23)C1. The summed E-state index contributed by atoms with van der Waals surface area (Å²) in [7, 11) is 0. The molecule has 3 heterocycles. The summed E-state index contributed by atoms with van der Waals surface area (Å²) < 4.78 is 6.03. The number of nitrogens with zero attached hydrogens (tertiary/aromatic N) is 1. The van der Waals surface area contributed by atoms with E-state index in [4.69, 9.17) is 4.74 Å². The van der Waals surface area contributed by atoms with Crippen molar-refractivity contribution in [1.29, 1.82) is 0 Å². The van der Waals surface area contributed by atoms with Crippen LogP contribution in [0.25, 0.3) is 10.9 Å². The molecule has 5 rings (SSSR count). The number of rotatable bonds is 7. The van der Waals surface area contributed by atoms with E-state index in [9.17, 15) is 4.79 Å². The molecule has 162 valence electrons. The fourth-order valence-electron chi connectivity index (χ4n) is 4.85. The van der Waals surface area contributed by atoms with Gasteiger partial charge in [-0.05, 0) is 61.6 Å². The quantitative estimate of drug-likeness (QED) is 0.546. The summed E-state index contributed by atoms with van der Waals surface area (Å²) >= 11 is 0. The average molecular weight is 419 g/mol. The third-order valence-corrected chi connectivity index (χ3v) is 6.55. The maximum atomic E-state index is 12.0. The first-order valence-corrected chi connectivity index (χ1v) is 11.3. The number of hydrogen-bond acceptors (Lipinski definition) is 3. The summed E-state index contributed by atoms with van der Waals surface area (Å²) in [5.74, 6) is 0.896. The van der Waals surface area contributed by atoms with Crippen LogP contribution in [0.15, 0.2) is 54.7 Å². The van der Waals surface area contributed by atoms with Crippen molar-refractivity contribution < 1.29 is 9.53 Å². The number of piperidine rings is 1. The topological polar surface area (TPSA) is 69.4 Å². The van der Waals surface area contributed by atoms with Gasteiger partial charge in [0.25, 0.3) is 0 Å². The van der Waals surface area contributed by atoms with Crippen molar-refractivity contribution in [2.75, 3.05) is 19.6 Å². The third kappa shape index (κ3) is 4.54. The number of carbonyl (C=O) groups is 1. The molecule has 0 radical (unpaired) electrons. The number of H-pyrrole nitrogens is 1. The molecule has 2 aromatic carbocycles. The second-order valence-corrected chi connectivity index (χ2v) is 8.59. The molecule has 2 aliphatic heterocycles. The molecule has 2 fully saturated rings. The van der Waals surface area contributed by atoms with E-state index in [-0.39, 0.29) is 6.03 Å². The Kier molecular flexibility index (Phi) is 5.80. The zero-order valence-corrected chi connectivity index (χ0v) is 17.8. The van der Waals surface area contributed by atoms with Gasteiger partial charge >= 0.3 is 6.03 Å². The van der Waals surface area contributed by atoms with Crippen LogP contribution in [-0.4, -0.2) is 47.6 Å². The normalized spacial score (nSPS) is 21.4. The highest BCUT2D eigenvalue weighted by Gasteiger charge is 2.31. The first-order chi connectivity index (χ1) is 15.3. The molecule has 0 spiro atoms. The largest absolute Gasteiger partial charge is 0.489 e. The van der Waals surface area contributed by atoms with Gasteiger partial charge in [0.05, 0.1) is 0 Å². The Morgan fingerprint density at radius 1 is 1.10 bits per heavy atom. The lowest BCUT2D eigenvalue weighted by Gasteiger charge is -2.35. The number of benzene rings is 2. The van der Waals surface area contributed by atoms with Gasteiger partial charge in [-0.25, -0.2) is 4.79 Å². The Labute approximate surface area is 183 Å². The van der Waals surface area contributed by atoms with Crippen LogP contribution >= 0.6 is 0 Å². The predicted octanol–water partition coefficient (Wildman–Crippen LogP) is 3.83. The van der Waals surface area contributed by atoms with Gasteiger partial charge < -0.3 is 25.3 Å². The van der Waals surface area contributed by atoms with Gasteiger partial charge in [-0.15, -0.1) is 0 Å². The van der Waals surface area contributed by atoms with Crippen molar-refractivity contribution in [3.05, 3.63) is 65.9 Å². The van der Waals surface area contributed by atoms with Gasteiger partial charge in [0.2, 0.25) is 0 Å². The number of hydrogen-bond donors (Lipinski definition) is 3. The van der Waals surface area contributed by atoms with Crippen molar-refractivity contribution in [1.82, 2.24) is 20.5 Å². The predicted molar refractivity (Wildman–Crippen MR) is 122 cm³/mol. The fourth-order valence-corrected chi connectivity index (χ4v) is 4.85. The minimum absolute atomic E-state index is 0.102. The molecule has 31 heavy (non-hydrogen) atoms. The Bertz CT molecular complexity index is 1030. The maximum absolute atomic E-state index is 12.0. The molecule has 2 aliphatic rings. The van der Waals surface area contributed by atoms with E-state index in [1.807, 2.05) is 29.2 Å². The van der Waals surface area contributed by atoms with Gasteiger partial charge in [0.15, 0.2) is 0 Å². The van der Waals surface area contributed by atoms with Crippen LogP contribution in [-0.2, 0) is 13.0 Å². The Hall–Kier alpha value is -2.99. The first kappa shape index (κ1) is 19.9. The standard InChI is InChI=1S/C25H30N4O2/c30-25-27-12-13-29(25)21-10-11-26-20(14-21)7-6-19-16-28-24-9-8-22(15-23(19)24)31-17-18-4-2-1-3-5-18/h1-5,8-9,15-16,20-21,26,28H,6-7,10-14,17H2,(H,27,30). The summed E-state index contributed by atoms with van der Waals surface area (Å²) in [6, 6.07) is 17.4. The summed E-state index contributed by atoms with van der Waals surface area (Å²) in [6.45, 7) is 3.16. The minimum atomic E-state index is 0.102.